The summed E-state index contributed by atoms with van der Waals surface area (Å²) in [5, 5.41) is 0. The third-order valence-electron chi connectivity index (χ3n) is 0. The number of hydrogen-bond acceptors (Lipinski definition) is 0. The van der Waals surface area contributed by atoms with Crippen molar-refractivity contribution in [3.05, 3.63) is 0 Å². The van der Waals surface area contributed by atoms with E-state index in [0.29, 0.717) is 0 Å². The Balaban J connectivity index is -0.00000000500. The van der Waals surface area contributed by atoms with Crippen molar-refractivity contribution in [2.45, 2.75) is 0 Å². The monoisotopic (exact) mass is 381 g/mol. The Morgan fingerprint density at radius 2 is 1.25 bits per heavy atom. The predicted molar refractivity (Wildman–Crippen MR) is 9.94 cm³/mol. The van der Waals surface area contributed by atoms with Crippen molar-refractivity contribution in [1.29, 1.82) is 0 Å². The molecule has 0 aromatic carbocycles. The van der Waals surface area contributed by atoms with Gasteiger partial charge in [0.2, 0.25) is 0 Å². The summed E-state index contributed by atoms with van der Waals surface area (Å²) in [6, 6.07) is 0. The molecule has 0 aromatic heterocycles. The van der Waals surface area contributed by atoms with E-state index in [0.717, 1.165) is 0 Å². The molecule has 4 heteroatoms. The fourth-order valence-corrected chi connectivity index (χ4v) is 0. The molecule has 0 aliphatic carbocycles. The zero-order valence-corrected chi connectivity index (χ0v) is 9.10. The van der Waals surface area contributed by atoms with Crippen LogP contribution >= 0.6 is 0 Å². The van der Waals surface area contributed by atoms with Gasteiger partial charge in [0.1, 0.15) is 0 Å². The molecule has 0 spiro atoms. The number of rotatable bonds is 0. The molecule has 0 nitrogen and oxygen atoms in total. The molecule has 4 heavy (non-hydrogen) atoms. The molecule has 0 amide bonds. The Morgan fingerprint density at radius 1 is 1.25 bits per heavy atom. The Bertz CT molecular complexity index is 8.00. The van der Waals surface area contributed by atoms with Crippen LogP contribution in [0.5, 0.6) is 0 Å². The minimum atomic E-state index is 0. The molecule has 0 fully saturated rings. The molecular weight excluding hydrogens is 381 g/mol. The molecule has 0 radical (unpaired) electrons. The van der Waals surface area contributed by atoms with E-state index in [1.807, 2.05) is 0 Å². The quantitative estimate of drug-likeness (QED) is 0.462. The molecule has 0 heterocycles. The average molecular weight is 384 g/mol. The summed E-state index contributed by atoms with van der Waals surface area (Å²) in [4.78, 5) is 0. The molecule has 0 atom stereocenters. The van der Waals surface area contributed by atoms with Crippen LogP contribution in [0.25, 0.3) is 0 Å². The summed E-state index contributed by atoms with van der Waals surface area (Å²) in [5.74, 6) is 0. The van der Waals surface area contributed by atoms with Gasteiger partial charge in [-0.3, -0.25) is 0 Å². The van der Waals surface area contributed by atoms with E-state index in [9.17, 15) is 0 Å². The normalized spacial score (nSPS) is 1.25. The zero-order valence-electron chi connectivity index (χ0n) is 1.51. The van der Waals surface area contributed by atoms with Crippen LogP contribution in [0.15, 0.2) is 0 Å². The van der Waals surface area contributed by atoms with E-state index in [1.54, 1.807) is 0 Å². The van der Waals surface area contributed by atoms with E-state index < -0.39 is 0 Å². The van der Waals surface area contributed by atoms with Gasteiger partial charge in [0.25, 0.3) is 0 Å². The van der Waals surface area contributed by atoms with Crippen LogP contribution in [0.2, 0.25) is 0 Å². The second-order valence-corrected chi connectivity index (χ2v) is 0. The first-order valence-electron chi connectivity index (χ1n) is 0.151. The Hall–Kier alpha value is 2.78. The molecule has 23 valence electrons. The summed E-state index contributed by atoms with van der Waals surface area (Å²) in [5.41, 5.74) is 0. The van der Waals surface area contributed by atoms with Crippen LogP contribution in [-0.2, 0) is 57.1 Å². The minimum absolute atomic E-state index is 0. The standard InChI is InChI=1S/Al.Au.Zn.Zr.3H. The first kappa shape index (κ1) is 15.9. The fraction of sp³-hybridized carbons (Fsp3) is 0. The van der Waals surface area contributed by atoms with Crippen molar-refractivity contribution in [1.82, 2.24) is 0 Å². The molecule has 0 N–H and O–H groups in total. The summed E-state index contributed by atoms with van der Waals surface area (Å²) in [7, 11) is 0. The maximum absolute atomic E-state index is 2.37. The van der Waals surface area contributed by atoms with Gasteiger partial charge in [0.05, 0.1) is 0 Å². The van der Waals surface area contributed by atoms with E-state index in [4.69, 9.17) is 0 Å². The summed E-state index contributed by atoms with van der Waals surface area (Å²) >= 11 is 3.86. The second kappa shape index (κ2) is 17.1. The predicted octanol–water partition coefficient (Wildman–Crippen LogP) is -1.19. The first-order valence-corrected chi connectivity index (χ1v) is 7.30. The van der Waals surface area contributed by atoms with Crippen molar-refractivity contribution in [3.8, 4) is 0 Å². The first-order chi connectivity index (χ1) is 1.00. The Morgan fingerprint density at radius 3 is 1.25 bits per heavy atom. The van der Waals surface area contributed by atoms with E-state index in [1.165, 1.54) is 21.0 Å². The van der Waals surface area contributed by atoms with Crippen LogP contribution in [0.4, 0.5) is 0 Å². The molecular formula is H3AlAuZnZr. The Labute approximate surface area is 73.1 Å². The van der Waals surface area contributed by atoms with Gasteiger partial charge in [-0.15, -0.1) is 0 Å². The van der Waals surface area contributed by atoms with Crippen molar-refractivity contribution in [3.63, 3.8) is 0 Å². The molecule has 0 unspecified atom stereocenters. The van der Waals surface area contributed by atoms with Crippen molar-refractivity contribution >= 4 is 17.4 Å². The molecule has 0 bridgehead atoms. The Kier molecular flexibility index (Phi) is 67.7. The van der Waals surface area contributed by atoms with E-state index >= 15 is 0 Å². The molecule has 0 aliphatic heterocycles. The zero-order chi connectivity index (χ0) is 2.00. The average Bonchev–Trinajstić information content (AvgIpc) is 1.00. The van der Waals surface area contributed by atoms with Crippen molar-refractivity contribution in [2.75, 3.05) is 0 Å². The van der Waals surface area contributed by atoms with Gasteiger partial charge in [0, 0.05) is 19.5 Å². The SMILES string of the molecule is [AlH3].[Zn].[Zr][Au]. The van der Waals surface area contributed by atoms with Gasteiger partial charge in [0.15, 0.2) is 17.4 Å². The summed E-state index contributed by atoms with van der Waals surface area (Å²) < 4.78 is 0. The van der Waals surface area contributed by atoms with Crippen LogP contribution in [0, 0.1) is 0 Å². The molecule has 0 aromatic rings. The van der Waals surface area contributed by atoms with Crippen molar-refractivity contribution < 1.29 is 57.1 Å². The second-order valence-electron chi connectivity index (χ2n) is 0. The van der Waals surface area contributed by atoms with Gasteiger partial charge in [-0.1, -0.05) is 0 Å². The van der Waals surface area contributed by atoms with E-state index in [2.05, 4.69) is 16.7 Å². The van der Waals surface area contributed by atoms with Gasteiger partial charge in [-0.25, -0.2) is 0 Å². The third kappa shape index (κ3) is 8.84. The van der Waals surface area contributed by atoms with Gasteiger partial charge < -0.3 is 0 Å². The molecule has 0 saturated carbocycles. The fourth-order valence-electron chi connectivity index (χ4n) is 0. The van der Waals surface area contributed by atoms with Crippen LogP contribution in [-0.4, -0.2) is 17.4 Å². The molecule has 0 saturated heterocycles. The number of hydrogen-bond donors (Lipinski definition) is 0. The third-order valence-corrected chi connectivity index (χ3v) is 0. The van der Waals surface area contributed by atoms with Crippen molar-refractivity contribution in [2.24, 2.45) is 0 Å². The van der Waals surface area contributed by atoms with Crippen LogP contribution < -0.4 is 0 Å². The van der Waals surface area contributed by atoms with Gasteiger partial charge in [-0.2, -0.15) is 0 Å². The topological polar surface area (TPSA) is 0 Å². The summed E-state index contributed by atoms with van der Waals surface area (Å²) in [6.07, 6.45) is 0. The van der Waals surface area contributed by atoms with Gasteiger partial charge >= 0.3 is 37.7 Å². The van der Waals surface area contributed by atoms with E-state index in [-0.39, 0.29) is 36.8 Å². The molecule has 0 aliphatic rings. The molecule has 0 rings (SSSR count). The maximum atomic E-state index is 2.37. The van der Waals surface area contributed by atoms with Gasteiger partial charge in [-0.05, 0) is 0 Å². The van der Waals surface area contributed by atoms with Crippen LogP contribution in [0.3, 0.4) is 0 Å². The van der Waals surface area contributed by atoms with Crippen LogP contribution in [0.1, 0.15) is 0 Å². The summed E-state index contributed by atoms with van der Waals surface area (Å²) in [6.45, 7) is 0.